The van der Waals surface area contributed by atoms with E-state index in [-0.39, 0.29) is 23.2 Å². The van der Waals surface area contributed by atoms with Gasteiger partial charge in [-0.2, -0.15) is 5.26 Å². The lowest BCUT2D eigenvalue weighted by Crippen LogP contribution is -2.42. The normalized spacial score (nSPS) is 21.5. The zero-order valence-electron chi connectivity index (χ0n) is 11.9. The van der Waals surface area contributed by atoms with Crippen LogP contribution in [0.4, 0.5) is 5.69 Å². The van der Waals surface area contributed by atoms with Gasteiger partial charge in [0.15, 0.2) is 0 Å². The number of hydrogen-bond acceptors (Lipinski definition) is 5. The van der Waals surface area contributed by atoms with Crippen molar-refractivity contribution in [1.29, 1.82) is 5.26 Å². The average Bonchev–Trinajstić information content (AvgIpc) is 2.99. The molecule has 2 aromatic rings. The Balaban J connectivity index is 2.17. The first-order chi connectivity index (χ1) is 11.0. The Labute approximate surface area is 139 Å². The van der Waals surface area contributed by atoms with E-state index in [2.05, 4.69) is 31.4 Å². The number of nitriles is 1. The van der Waals surface area contributed by atoms with Crippen molar-refractivity contribution < 1.29 is 9.53 Å². The van der Waals surface area contributed by atoms with Crippen LogP contribution in [0.3, 0.4) is 0 Å². The standard InChI is InChI=1S/C15H10BrN5O2/c1-6-11-13(21-20-6)23-12(18)9(5-17)15(11)8-3-2-7(16)4-10(8)19-14(15)22/h2-4H,18H2,1H3,(H,19,22)(H,20,21). The number of carbonyl (C=O) groups is 1. The van der Waals surface area contributed by atoms with Gasteiger partial charge >= 0.3 is 0 Å². The Morgan fingerprint density at radius 3 is 3.00 bits per heavy atom. The van der Waals surface area contributed by atoms with Crippen LogP contribution in [0, 0.1) is 18.3 Å². The van der Waals surface area contributed by atoms with E-state index < -0.39 is 5.41 Å². The number of hydrogen-bond donors (Lipinski definition) is 3. The fourth-order valence-corrected chi connectivity index (χ4v) is 3.67. The quantitative estimate of drug-likeness (QED) is 0.652. The van der Waals surface area contributed by atoms with E-state index in [1.807, 2.05) is 12.1 Å². The second-order valence-corrected chi connectivity index (χ2v) is 6.29. The Hall–Kier alpha value is -2.79. The summed E-state index contributed by atoms with van der Waals surface area (Å²) in [6, 6.07) is 7.45. The van der Waals surface area contributed by atoms with E-state index >= 15 is 0 Å². The molecular formula is C15H10BrN5O2. The number of aromatic nitrogens is 2. The van der Waals surface area contributed by atoms with Crippen molar-refractivity contribution in [2.45, 2.75) is 12.3 Å². The highest BCUT2D eigenvalue weighted by Crippen LogP contribution is 2.53. The molecule has 4 N–H and O–H groups in total. The van der Waals surface area contributed by atoms with E-state index in [0.29, 0.717) is 22.5 Å². The maximum atomic E-state index is 13.0. The van der Waals surface area contributed by atoms with Crippen LogP contribution < -0.4 is 15.8 Å². The van der Waals surface area contributed by atoms with Gasteiger partial charge in [0.1, 0.15) is 17.1 Å². The summed E-state index contributed by atoms with van der Waals surface area (Å²) in [7, 11) is 0. The molecule has 0 saturated carbocycles. The molecular weight excluding hydrogens is 362 g/mol. The van der Waals surface area contributed by atoms with Gasteiger partial charge in [0, 0.05) is 21.4 Å². The third-order valence-electron chi connectivity index (χ3n) is 4.20. The number of H-pyrrole nitrogens is 1. The summed E-state index contributed by atoms with van der Waals surface area (Å²) in [5.41, 5.74) is 7.06. The number of nitrogens with two attached hydrogens (primary N) is 1. The van der Waals surface area contributed by atoms with Gasteiger partial charge in [0.2, 0.25) is 17.7 Å². The third-order valence-corrected chi connectivity index (χ3v) is 4.70. The predicted octanol–water partition coefficient (Wildman–Crippen LogP) is 1.81. The Morgan fingerprint density at radius 1 is 1.48 bits per heavy atom. The third kappa shape index (κ3) is 1.52. The molecule has 114 valence electrons. The van der Waals surface area contributed by atoms with Gasteiger partial charge in [-0.05, 0) is 19.1 Å². The van der Waals surface area contributed by atoms with Crippen LogP contribution in [0.1, 0.15) is 16.8 Å². The molecule has 23 heavy (non-hydrogen) atoms. The smallest absolute Gasteiger partial charge is 0.245 e. The maximum absolute atomic E-state index is 13.0. The molecule has 0 bridgehead atoms. The fraction of sp³-hybridized carbons (Fsp3) is 0.133. The van der Waals surface area contributed by atoms with Gasteiger partial charge in [-0.25, -0.2) is 0 Å². The lowest BCUT2D eigenvalue weighted by molar-refractivity contribution is -0.118. The van der Waals surface area contributed by atoms with Crippen molar-refractivity contribution in [2.24, 2.45) is 5.73 Å². The molecule has 1 spiro atoms. The summed E-state index contributed by atoms with van der Waals surface area (Å²) in [4.78, 5) is 13.0. The number of aromatic amines is 1. The number of carbonyl (C=O) groups excluding carboxylic acids is 1. The van der Waals surface area contributed by atoms with Gasteiger partial charge in [-0.3, -0.25) is 9.89 Å². The van der Waals surface area contributed by atoms with E-state index in [1.54, 1.807) is 19.1 Å². The summed E-state index contributed by atoms with van der Waals surface area (Å²) < 4.78 is 6.25. The van der Waals surface area contributed by atoms with E-state index in [1.165, 1.54) is 0 Å². The molecule has 0 fully saturated rings. The predicted molar refractivity (Wildman–Crippen MR) is 84.3 cm³/mol. The van der Waals surface area contributed by atoms with Gasteiger partial charge < -0.3 is 15.8 Å². The summed E-state index contributed by atoms with van der Waals surface area (Å²) >= 11 is 3.38. The largest absolute Gasteiger partial charge is 0.420 e. The van der Waals surface area contributed by atoms with Crippen LogP contribution in [-0.4, -0.2) is 16.1 Å². The van der Waals surface area contributed by atoms with E-state index in [9.17, 15) is 10.1 Å². The highest BCUT2D eigenvalue weighted by atomic mass is 79.9. The molecule has 0 aliphatic carbocycles. The number of halogens is 1. The highest BCUT2D eigenvalue weighted by Gasteiger charge is 2.58. The van der Waals surface area contributed by atoms with Crippen molar-refractivity contribution in [3.63, 3.8) is 0 Å². The number of aryl methyl sites for hydroxylation is 1. The van der Waals surface area contributed by atoms with Crippen LogP contribution >= 0.6 is 15.9 Å². The Kier molecular flexibility index (Phi) is 2.63. The van der Waals surface area contributed by atoms with Crippen LogP contribution in [-0.2, 0) is 10.2 Å². The number of rotatable bonds is 0. The fourth-order valence-electron chi connectivity index (χ4n) is 3.31. The van der Waals surface area contributed by atoms with Gasteiger partial charge in [-0.1, -0.05) is 22.0 Å². The minimum atomic E-state index is -1.35. The summed E-state index contributed by atoms with van der Waals surface area (Å²) in [5.74, 6) is -0.249. The first kappa shape index (κ1) is 13.8. The van der Waals surface area contributed by atoms with Crippen molar-refractivity contribution in [1.82, 2.24) is 10.2 Å². The topological polar surface area (TPSA) is 117 Å². The van der Waals surface area contributed by atoms with Crippen LogP contribution in [0.25, 0.3) is 0 Å². The van der Waals surface area contributed by atoms with E-state index in [0.717, 1.165) is 4.47 Å². The second kappa shape index (κ2) is 4.36. The summed E-state index contributed by atoms with van der Waals surface area (Å²) in [6.07, 6.45) is 0. The number of anilines is 1. The number of amides is 1. The lowest BCUT2D eigenvalue weighted by atomic mass is 9.69. The monoisotopic (exact) mass is 371 g/mol. The molecule has 1 amide bonds. The molecule has 0 saturated heterocycles. The molecule has 2 aliphatic heterocycles. The number of benzene rings is 1. The molecule has 1 aromatic heterocycles. The molecule has 4 rings (SSSR count). The molecule has 1 aromatic carbocycles. The van der Waals surface area contributed by atoms with Gasteiger partial charge in [0.05, 0.1) is 5.56 Å². The van der Waals surface area contributed by atoms with E-state index in [4.69, 9.17) is 10.5 Å². The average molecular weight is 372 g/mol. The molecule has 1 atom stereocenters. The van der Waals surface area contributed by atoms with Crippen molar-refractivity contribution in [3.8, 4) is 11.9 Å². The first-order valence-electron chi connectivity index (χ1n) is 6.75. The van der Waals surface area contributed by atoms with Crippen molar-refractivity contribution >= 4 is 27.5 Å². The molecule has 3 heterocycles. The number of fused-ring (bicyclic) bond motifs is 4. The lowest BCUT2D eigenvalue weighted by Gasteiger charge is -2.31. The highest BCUT2D eigenvalue weighted by molar-refractivity contribution is 9.10. The molecule has 0 radical (unpaired) electrons. The Morgan fingerprint density at radius 2 is 2.26 bits per heavy atom. The zero-order chi connectivity index (χ0) is 16.4. The SMILES string of the molecule is Cc1[nH]nc2c1C1(C(=O)Nc3cc(Br)ccc31)C(C#N)=C(N)O2. The van der Waals surface area contributed by atoms with Gasteiger partial charge in [0.25, 0.3) is 0 Å². The van der Waals surface area contributed by atoms with Crippen molar-refractivity contribution in [3.05, 3.63) is 50.9 Å². The molecule has 1 unspecified atom stereocenters. The number of ether oxygens (including phenoxy) is 1. The molecule has 2 aliphatic rings. The minimum absolute atomic E-state index is 0.0630. The van der Waals surface area contributed by atoms with Crippen molar-refractivity contribution in [2.75, 3.05) is 5.32 Å². The molecule has 7 nitrogen and oxygen atoms in total. The number of nitrogens with one attached hydrogen (secondary N) is 2. The number of nitrogens with zero attached hydrogens (tertiary/aromatic N) is 2. The minimum Gasteiger partial charge on any atom is -0.420 e. The van der Waals surface area contributed by atoms with Crippen LogP contribution in [0.15, 0.2) is 34.1 Å². The zero-order valence-corrected chi connectivity index (χ0v) is 13.5. The first-order valence-corrected chi connectivity index (χ1v) is 7.54. The maximum Gasteiger partial charge on any atom is 0.245 e. The Bertz CT molecular complexity index is 955. The van der Waals surface area contributed by atoms with Crippen LogP contribution in [0.2, 0.25) is 0 Å². The molecule has 8 heteroatoms. The van der Waals surface area contributed by atoms with Gasteiger partial charge in [-0.15, -0.1) is 5.10 Å². The summed E-state index contributed by atoms with van der Waals surface area (Å²) in [5, 5.41) is 19.3. The summed E-state index contributed by atoms with van der Waals surface area (Å²) in [6.45, 7) is 1.78. The second-order valence-electron chi connectivity index (χ2n) is 5.38. The van der Waals surface area contributed by atoms with Crippen LogP contribution in [0.5, 0.6) is 5.88 Å².